The molecular formula is C20H22ClN5O. The summed E-state index contributed by atoms with van der Waals surface area (Å²) in [5.74, 6) is -0.102. The van der Waals surface area contributed by atoms with Crippen LogP contribution in [-0.4, -0.2) is 39.2 Å². The third kappa shape index (κ3) is 4.72. The number of amides is 1. The van der Waals surface area contributed by atoms with Gasteiger partial charge in [-0.1, -0.05) is 29.8 Å². The predicted molar refractivity (Wildman–Crippen MR) is 107 cm³/mol. The molecule has 140 valence electrons. The zero-order valence-corrected chi connectivity index (χ0v) is 16.3. The molecule has 0 bridgehead atoms. The number of carbonyl (C=O) groups is 1. The molecule has 7 heteroatoms. The lowest BCUT2D eigenvalue weighted by Crippen LogP contribution is -2.32. The fraction of sp³-hybridized carbons (Fsp3) is 0.250. The normalized spacial score (nSPS) is 12.2. The van der Waals surface area contributed by atoms with E-state index in [-0.39, 0.29) is 18.5 Å². The van der Waals surface area contributed by atoms with Crippen LogP contribution in [0.1, 0.15) is 24.1 Å². The van der Waals surface area contributed by atoms with E-state index >= 15 is 0 Å². The van der Waals surface area contributed by atoms with E-state index in [1.54, 1.807) is 11.0 Å². The van der Waals surface area contributed by atoms with E-state index in [2.05, 4.69) is 22.3 Å². The van der Waals surface area contributed by atoms with Crippen LogP contribution in [0.2, 0.25) is 5.02 Å². The van der Waals surface area contributed by atoms with Gasteiger partial charge in [-0.05, 0) is 56.3 Å². The molecule has 0 aliphatic rings. The number of likely N-dealkylation sites (N-methyl/N-ethyl adjacent to an activating group) is 1. The van der Waals surface area contributed by atoms with Gasteiger partial charge in [0.15, 0.2) is 0 Å². The van der Waals surface area contributed by atoms with Gasteiger partial charge in [0.05, 0.1) is 22.9 Å². The van der Waals surface area contributed by atoms with E-state index in [9.17, 15) is 4.79 Å². The second-order valence-electron chi connectivity index (χ2n) is 6.55. The second-order valence-corrected chi connectivity index (χ2v) is 6.96. The van der Waals surface area contributed by atoms with Crippen LogP contribution in [0.25, 0.3) is 5.69 Å². The first kappa shape index (κ1) is 19.1. The van der Waals surface area contributed by atoms with Gasteiger partial charge in [-0.2, -0.15) is 5.10 Å². The highest BCUT2D eigenvalue weighted by molar-refractivity contribution is 6.33. The Kier molecular flexibility index (Phi) is 5.88. The standard InChI is InChI=1S/C20H22ClN5O/c1-14-4-9-19(18(21)10-14)24-20(27)11-25(3)15(2)16-5-7-17(8-6-16)26-13-22-12-23-26/h4-10,12-13,15H,11H2,1-3H3,(H,24,27). The largest absolute Gasteiger partial charge is 0.324 e. The summed E-state index contributed by atoms with van der Waals surface area (Å²) in [6.45, 7) is 4.29. The summed E-state index contributed by atoms with van der Waals surface area (Å²) in [6, 6.07) is 13.7. The fourth-order valence-corrected chi connectivity index (χ4v) is 3.06. The van der Waals surface area contributed by atoms with Gasteiger partial charge >= 0.3 is 0 Å². The fourth-order valence-electron chi connectivity index (χ4n) is 2.78. The van der Waals surface area contributed by atoms with Crippen molar-refractivity contribution in [3.63, 3.8) is 0 Å². The Balaban J connectivity index is 1.61. The van der Waals surface area contributed by atoms with Crippen LogP contribution in [-0.2, 0) is 4.79 Å². The van der Waals surface area contributed by atoms with E-state index in [0.717, 1.165) is 16.8 Å². The molecule has 0 saturated carbocycles. The van der Waals surface area contributed by atoms with Crippen LogP contribution in [0.5, 0.6) is 0 Å². The number of hydrogen-bond donors (Lipinski definition) is 1. The SMILES string of the molecule is Cc1ccc(NC(=O)CN(C)C(C)c2ccc(-n3cncn3)cc2)c(Cl)c1. The molecule has 0 aliphatic heterocycles. The predicted octanol–water partition coefficient (Wildman–Crippen LogP) is 3.86. The van der Waals surface area contributed by atoms with E-state index in [0.29, 0.717) is 10.7 Å². The van der Waals surface area contributed by atoms with Crippen LogP contribution in [0.3, 0.4) is 0 Å². The molecule has 1 atom stereocenters. The highest BCUT2D eigenvalue weighted by atomic mass is 35.5. The van der Waals surface area contributed by atoms with Gasteiger partial charge in [0.1, 0.15) is 12.7 Å². The molecule has 6 nitrogen and oxygen atoms in total. The van der Waals surface area contributed by atoms with Gasteiger partial charge in [0.2, 0.25) is 5.91 Å². The minimum Gasteiger partial charge on any atom is -0.324 e. The Morgan fingerprint density at radius 2 is 2.00 bits per heavy atom. The number of nitrogens with zero attached hydrogens (tertiary/aromatic N) is 4. The summed E-state index contributed by atoms with van der Waals surface area (Å²) in [6.07, 6.45) is 3.16. The van der Waals surface area contributed by atoms with Gasteiger partial charge in [-0.25, -0.2) is 9.67 Å². The summed E-state index contributed by atoms with van der Waals surface area (Å²) in [5.41, 5.74) is 3.74. The summed E-state index contributed by atoms with van der Waals surface area (Å²) in [4.78, 5) is 18.3. The first-order valence-electron chi connectivity index (χ1n) is 8.65. The lowest BCUT2D eigenvalue weighted by atomic mass is 10.1. The topological polar surface area (TPSA) is 63.1 Å². The van der Waals surface area contributed by atoms with Crippen LogP contribution in [0, 0.1) is 6.92 Å². The molecule has 1 N–H and O–H groups in total. The maximum Gasteiger partial charge on any atom is 0.238 e. The zero-order valence-electron chi connectivity index (χ0n) is 15.6. The van der Waals surface area contributed by atoms with Crippen molar-refractivity contribution >= 4 is 23.2 Å². The maximum atomic E-state index is 12.4. The summed E-state index contributed by atoms with van der Waals surface area (Å²) < 4.78 is 1.71. The molecule has 0 radical (unpaired) electrons. The number of carbonyl (C=O) groups excluding carboxylic acids is 1. The molecular weight excluding hydrogens is 362 g/mol. The zero-order chi connectivity index (χ0) is 19.4. The van der Waals surface area contributed by atoms with Crippen molar-refractivity contribution in [2.75, 3.05) is 18.9 Å². The lowest BCUT2D eigenvalue weighted by molar-refractivity contribution is -0.117. The van der Waals surface area contributed by atoms with Crippen molar-refractivity contribution in [3.8, 4) is 5.69 Å². The van der Waals surface area contributed by atoms with Crippen LogP contribution < -0.4 is 5.32 Å². The summed E-state index contributed by atoms with van der Waals surface area (Å²) >= 11 is 6.19. The van der Waals surface area contributed by atoms with Crippen molar-refractivity contribution < 1.29 is 4.79 Å². The molecule has 1 heterocycles. The Morgan fingerprint density at radius 3 is 2.63 bits per heavy atom. The number of hydrogen-bond acceptors (Lipinski definition) is 4. The number of halogens is 1. The van der Waals surface area contributed by atoms with Crippen LogP contribution in [0.4, 0.5) is 5.69 Å². The highest BCUT2D eigenvalue weighted by Gasteiger charge is 2.16. The quantitative estimate of drug-likeness (QED) is 0.702. The van der Waals surface area contributed by atoms with E-state index in [1.165, 1.54) is 6.33 Å². The van der Waals surface area contributed by atoms with Gasteiger partial charge in [-0.15, -0.1) is 0 Å². The molecule has 27 heavy (non-hydrogen) atoms. The molecule has 0 aliphatic carbocycles. The Morgan fingerprint density at radius 1 is 1.26 bits per heavy atom. The molecule has 0 spiro atoms. The monoisotopic (exact) mass is 383 g/mol. The van der Waals surface area contributed by atoms with E-state index < -0.39 is 0 Å². The molecule has 3 rings (SSSR count). The van der Waals surface area contributed by atoms with Crippen molar-refractivity contribution in [1.82, 2.24) is 19.7 Å². The van der Waals surface area contributed by atoms with Gasteiger partial charge in [0.25, 0.3) is 0 Å². The first-order valence-corrected chi connectivity index (χ1v) is 9.03. The number of nitrogens with one attached hydrogen (secondary N) is 1. The van der Waals surface area contributed by atoms with Gasteiger partial charge in [-0.3, -0.25) is 9.69 Å². The minimum atomic E-state index is -0.102. The van der Waals surface area contributed by atoms with Crippen molar-refractivity contribution in [2.24, 2.45) is 0 Å². The van der Waals surface area contributed by atoms with Gasteiger partial charge < -0.3 is 5.32 Å². The number of aryl methyl sites for hydroxylation is 1. The van der Waals surface area contributed by atoms with Crippen molar-refractivity contribution in [3.05, 3.63) is 71.3 Å². The number of rotatable bonds is 6. The Hall–Kier alpha value is -2.70. The van der Waals surface area contributed by atoms with E-state index in [1.807, 2.05) is 61.3 Å². The molecule has 1 amide bonds. The first-order chi connectivity index (χ1) is 12.9. The molecule has 0 saturated heterocycles. The van der Waals surface area contributed by atoms with Crippen LogP contribution in [0.15, 0.2) is 55.1 Å². The van der Waals surface area contributed by atoms with Gasteiger partial charge in [0, 0.05) is 6.04 Å². The van der Waals surface area contributed by atoms with E-state index in [4.69, 9.17) is 11.6 Å². The van der Waals surface area contributed by atoms with Crippen molar-refractivity contribution in [2.45, 2.75) is 19.9 Å². The Bertz CT molecular complexity index is 909. The summed E-state index contributed by atoms with van der Waals surface area (Å²) in [5, 5.41) is 7.53. The lowest BCUT2D eigenvalue weighted by Gasteiger charge is -2.24. The van der Waals surface area contributed by atoms with Crippen LogP contribution >= 0.6 is 11.6 Å². The maximum absolute atomic E-state index is 12.4. The third-order valence-electron chi connectivity index (χ3n) is 4.51. The molecule has 3 aromatic rings. The molecule has 2 aromatic carbocycles. The average Bonchev–Trinajstić information content (AvgIpc) is 3.18. The number of anilines is 1. The summed E-state index contributed by atoms with van der Waals surface area (Å²) in [7, 11) is 1.92. The van der Waals surface area contributed by atoms with Crippen molar-refractivity contribution in [1.29, 1.82) is 0 Å². The molecule has 0 fully saturated rings. The number of aromatic nitrogens is 3. The molecule has 1 aromatic heterocycles. The Labute approximate surface area is 163 Å². The minimum absolute atomic E-state index is 0.0778. The third-order valence-corrected chi connectivity index (χ3v) is 4.82. The number of benzene rings is 2. The average molecular weight is 384 g/mol. The smallest absolute Gasteiger partial charge is 0.238 e. The second kappa shape index (κ2) is 8.33. The highest BCUT2D eigenvalue weighted by Crippen LogP contribution is 2.23. The molecule has 1 unspecified atom stereocenters.